The number of anilines is 1. The second kappa shape index (κ2) is 8.24. The molecule has 4 aromatic rings. The van der Waals surface area contributed by atoms with Gasteiger partial charge in [0.2, 0.25) is 0 Å². The fourth-order valence-electron chi connectivity index (χ4n) is 3.43. The van der Waals surface area contributed by atoms with Crippen LogP contribution in [-0.2, 0) is 19.4 Å². The molecule has 0 radical (unpaired) electrons. The molecule has 0 saturated heterocycles. The lowest BCUT2D eigenvalue weighted by Crippen LogP contribution is -2.31. The molecule has 4 rings (SSSR count). The van der Waals surface area contributed by atoms with Gasteiger partial charge in [0.05, 0.1) is 15.9 Å². The smallest absolute Gasteiger partial charge is 0.326 e. The Kier molecular flexibility index (Phi) is 5.63. The number of H-pyrrole nitrogens is 1. The molecule has 0 aliphatic carbocycles. The number of aryl methyl sites for hydroxylation is 1. The van der Waals surface area contributed by atoms with Gasteiger partial charge < -0.3 is 16.0 Å². The third kappa shape index (κ3) is 4.67. The molecule has 1 atom stereocenters. The van der Waals surface area contributed by atoms with E-state index in [2.05, 4.69) is 15.3 Å². The Morgan fingerprint density at radius 1 is 1.29 bits per heavy atom. The van der Waals surface area contributed by atoms with Gasteiger partial charge in [-0.1, -0.05) is 35.6 Å². The summed E-state index contributed by atoms with van der Waals surface area (Å²) in [6, 6.07) is 11.9. The standard InChI is InChI=1S/C22H23F2N5OS/c1-22(23,24)15-5-3-4-13(8-15)9-16(25)11-26-20-27-12-19(31-20)14-6-7-17-18(10-14)29(2)21(30)28-17/h3-8,10,12,16H,9,11,25H2,1-2H3,(H,26,27)(H,28,30)/t16-/m0/s1. The lowest BCUT2D eigenvalue weighted by atomic mass is 10.0. The molecule has 162 valence electrons. The summed E-state index contributed by atoms with van der Waals surface area (Å²) >= 11 is 1.49. The molecule has 0 bridgehead atoms. The van der Waals surface area contributed by atoms with Crippen molar-refractivity contribution in [2.45, 2.75) is 25.3 Å². The lowest BCUT2D eigenvalue weighted by Gasteiger charge is -2.15. The van der Waals surface area contributed by atoms with Crippen LogP contribution in [0.2, 0.25) is 0 Å². The van der Waals surface area contributed by atoms with Crippen molar-refractivity contribution in [3.63, 3.8) is 0 Å². The van der Waals surface area contributed by atoms with Gasteiger partial charge in [0.15, 0.2) is 5.13 Å². The molecule has 0 aliphatic rings. The first-order valence-corrected chi connectivity index (χ1v) is 10.6. The van der Waals surface area contributed by atoms with E-state index in [9.17, 15) is 13.6 Å². The van der Waals surface area contributed by atoms with Gasteiger partial charge in [0.1, 0.15) is 0 Å². The SMILES string of the molecule is Cn1c(=O)[nH]c2ccc(-c3cnc(NC[C@@H](N)Cc4cccc(C(C)(F)F)c4)s3)cc21. The summed E-state index contributed by atoms with van der Waals surface area (Å²) < 4.78 is 28.6. The molecule has 6 nitrogen and oxygen atoms in total. The monoisotopic (exact) mass is 443 g/mol. The number of aromatic amines is 1. The molecule has 0 amide bonds. The van der Waals surface area contributed by atoms with Crippen molar-refractivity contribution in [1.29, 1.82) is 0 Å². The van der Waals surface area contributed by atoms with Crippen LogP contribution < -0.4 is 16.7 Å². The van der Waals surface area contributed by atoms with E-state index in [1.807, 2.05) is 18.2 Å². The van der Waals surface area contributed by atoms with Gasteiger partial charge in [-0.25, -0.2) is 18.6 Å². The van der Waals surface area contributed by atoms with Gasteiger partial charge in [0.25, 0.3) is 5.92 Å². The number of rotatable bonds is 7. The fourth-order valence-corrected chi connectivity index (χ4v) is 4.25. The molecule has 2 heterocycles. The molecule has 31 heavy (non-hydrogen) atoms. The predicted molar refractivity (Wildman–Crippen MR) is 121 cm³/mol. The van der Waals surface area contributed by atoms with Crippen LogP contribution in [-0.4, -0.2) is 27.1 Å². The first kappa shape index (κ1) is 21.2. The Morgan fingerprint density at radius 2 is 2.10 bits per heavy atom. The number of imidazole rings is 1. The minimum Gasteiger partial charge on any atom is -0.360 e. The van der Waals surface area contributed by atoms with Gasteiger partial charge in [-0.3, -0.25) is 4.57 Å². The van der Waals surface area contributed by atoms with E-state index in [-0.39, 0.29) is 17.3 Å². The third-order valence-corrected chi connectivity index (χ3v) is 6.15. The highest BCUT2D eigenvalue weighted by Crippen LogP contribution is 2.31. The topological polar surface area (TPSA) is 88.7 Å². The van der Waals surface area contributed by atoms with Crippen LogP contribution in [0, 0.1) is 0 Å². The normalized spacial score (nSPS) is 12.9. The molecule has 9 heteroatoms. The number of nitrogens with two attached hydrogens (primary N) is 1. The summed E-state index contributed by atoms with van der Waals surface area (Å²) in [4.78, 5) is 19.9. The van der Waals surface area contributed by atoms with Crippen molar-refractivity contribution in [1.82, 2.24) is 14.5 Å². The summed E-state index contributed by atoms with van der Waals surface area (Å²) in [7, 11) is 1.73. The highest BCUT2D eigenvalue weighted by atomic mass is 32.1. The maximum Gasteiger partial charge on any atom is 0.326 e. The van der Waals surface area contributed by atoms with Crippen LogP contribution in [0.15, 0.2) is 53.5 Å². The van der Waals surface area contributed by atoms with Crippen LogP contribution >= 0.6 is 11.3 Å². The quantitative estimate of drug-likeness (QED) is 0.402. The van der Waals surface area contributed by atoms with E-state index in [4.69, 9.17) is 5.73 Å². The Bertz CT molecular complexity index is 1270. The Hall–Kier alpha value is -3.04. The van der Waals surface area contributed by atoms with E-state index in [0.717, 1.165) is 39.1 Å². The maximum absolute atomic E-state index is 13.5. The van der Waals surface area contributed by atoms with Crippen LogP contribution in [0.3, 0.4) is 0 Å². The van der Waals surface area contributed by atoms with Gasteiger partial charge in [0, 0.05) is 38.3 Å². The lowest BCUT2D eigenvalue weighted by molar-refractivity contribution is 0.0174. The number of benzene rings is 2. The number of hydrogen-bond donors (Lipinski definition) is 3. The summed E-state index contributed by atoms with van der Waals surface area (Å²) in [6.07, 6.45) is 2.25. The second-order valence-electron chi connectivity index (χ2n) is 7.68. The molecule has 0 spiro atoms. The predicted octanol–water partition coefficient (Wildman–Crippen LogP) is 4.08. The maximum atomic E-state index is 13.5. The summed E-state index contributed by atoms with van der Waals surface area (Å²) in [5.41, 5.74) is 9.40. The minimum absolute atomic E-state index is 0.00776. The van der Waals surface area contributed by atoms with E-state index < -0.39 is 5.92 Å². The van der Waals surface area contributed by atoms with Gasteiger partial charge in [-0.05, 0) is 35.7 Å². The van der Waals surface area contributed by atoms with Crippen molar-refractivity contribution >= 4 is 27.5 Å². The number of nitrogens with one attached hydrogen (secondary N) is 2. The van der Waals surface area contributed by atoms with Crippen LogP contribution in [0.5, 0.6) is 0 Å². The highest BCUT2D eigenvalue weighted by molar-refractivity contribution is 7.18. The molecule has 0 saturated carbocycles. The van der Waals surface area contributed by atoms with Crippen molar-refractivity contribution in [2.75, 3.05) is 11.9 Å². The largest absolute Gasteiger partial charge is 0.360 e. The molecule has 2 aromatic heterocycles. The summed E-state index contributed by atoms with van der Waals surface area (Å²) in [6.45, 7) is 1.35. The molecule has 0 unspecified atom stereocenters. The number of aromatic nitrogens is 3. The van der Waals surface area contributed by atoms with Crippen molar-refractivity contribution < 1.29 is 8.78 Å². The Morgan fingerprint density at radius 3 is 2.87 bits per heavy atom. The minimum atomic E-state index is -2.87. The number of alkyl halides is 2. The summed E-state index contributed by atoms with van der Waals surface area (Å²) in [5, 5.41) is 3.95. The summed E-state index contributed by atoms with van der Waals surface area (Å²) in [5.74, 6) is -2.87. The van der Waals surface area contributed by atoms with E-state index in [1.54, 1.807) is 29.9 Å². The van der Waals surface area contributed by atoms with Gasteiger partial charge in [-0.2, -0.15) is 0 Å². The van der Waals surface area contributed by atoms with E-state index in [1.165, 1.54) is 23.5 Å². The zero-order chi connectivity index (χ0) is 22.2. The first-order valence-electron chi connectivity index (χ1n) is 9.82. The molecular weight excluding hydrogens is 420 g/mol. The molecule has 0 fully saturated rings. The van der Waals surface area contributed by atoms with Crippen molar-refractivity contribution in [2.24, 2.45) is 12.8 Å². The Balaban J connectivity index is 1.40. The van der Waals surface area contributed by atoms with Crippen molar-refractivity contribution in [3.8, 4) is 10.4 Å². The molecule has 4 N–H and O–H groups in total. The molecule has 2 aromatic carbocycles. The van der Waals surface area contributed by atoms with Crippen LogP contribution in [0.25, 0.3) is 21.5 Å². The third-order valence-electron chi connectivity index (χ3n) is 5.14. The fraction of sp³-hybridized carbons (Fsp3) is 0.273. The average molecular weight is 444 g/mol. The number of hydrogen-bond acceptors (Lipinski definition) is 5. The highest BCUT2D eigenvalue weighted by Gasteiger charge is 2.24. The zero-order valence-corrected chi connectivity index (χ0v) is 18.0. The Labute approximate surface area is 181 Å². The molecular formula is C22H23F2N5OS. The number of thiazole rings is 1. The number of halogens is 2. The molecule has 0 aliphatic heterocycles. The van der Waals surface area contributed by atoms with Crippen LogP contribution in [0.1, 0.15) is 18.1 Å². The van der Waals surface area contributed by atoms with Gasteiger partial charge >= 0.3 is 5.69 Å². The second-order valence-corrected chi connectivity index (χ2v) is 8.72. The zero-order valence-electron chi connectivity index (χ0n) is 17.2. The van der Waals surface area contributed by atoms with Crippen LogP contribution in [0.4, 0.5) is 13.9 Å². The van der Waals surface area contributed by atoms with E-state index in [0.29, 0.717) is 13.0 Å². The average Bonchev–Trinajstić information content (AvgIpc) is 3.31. The van der Waals surface area contributed by atoms with Gasteiger partial charge in [-0.15, -0.1) is 0 Å². The first-order chi connectivity index (χ1) is 14.7. The number of nitrogens with zero attached hydrogens (tertiary/aromatic N) is 2. The van der Waals surface area contributed by atoms with Crippen molar-refractivity contribution in [3.05, 3.63) is 70.3 Å². The number of fused-ring (bicyclic) bond motifs is 1. The van der Waals surface area contributed by atoms with E-state index >= 15 is 0 Å².